The SMILES string of the molecule is O=C(Nc1ccc(C(=O)NC(CC2CC2)C(=O)O)cc1)c1ccccc1. The number of hydrogen-bond donors (Lipinski definition) is 3. The maximum absolute atomic E-state index is 12.3. The molecule has 26 heavy (non-hydrogen) atoms. The molecule has 1 fully saturated rings. The molecule has 134 valence electrons. The fourth-order valence-electron chi connectivity index (χ4n) is 2.65. The summed E-state index contributed by atoms with van der Waals surface area (Å²) >= 11 is 0. The summed E-state index contributed by atoms with van der Waals surface area (Å²) in [6.07, 6.45) is 2.51. The van der Waals surface area contributed by atoms with Crippen molar-refractivity contribution in [3.05, 3.63) is 65.7 Å². The summed E-state index contributed by atoms with van der Waals surface area (Å²) in [7, 11) is 0. The second-order valence-corrected chi connectivity index (χ2v) is 6.44. The predicted molar refractivity (Wildman–Crippen MR) is 97.1 cm³/mol. The molecule has 1 saturated carbocycles. The van der Waals surface area contributed by atoms with Crippen molar-refractivity contribution < 1.29 is 19.5 Å². The zero-order valence-corrected chi connectivity index (χ0v) is 14.1. The Morgan fingerprint density at radius 2 is 1.54 bits per heavy atom. The van der Waals surface area contributed by atoms with Crippen molar-refractivity contribution in [3.63, 3.8) is 0 Å². The molecule has 0 bridgehead atoms. The molecule has 0 aliphatic heterocycles. The van der Waals surface area contributed by atoms with Crippen molar-refractivity contribution in [2.24, 2.45) is 5.92 Å². The number of carboxylic acid groups (broad SMARTS) is 1. The zero-order chi connectivity index (χ0) is 18.5. The number of nitrogens with one attached hydrogen (secondary N) is 2. The highest BCUT2D eigenvalue weighted by Crippen LogP contribution is 2.33. The third-order valence-corrected chi connectivity index (χ3v) is 4.31. The normalized spacial score (nSPS) is 14.3. The quantitative estimate of drug-likeness (QED) is 0.714. The number of hydrogen-bond acceptors (Lipinski definition) is 3. The van der Waals surface area contributed by atoms with Crippen LogP contribution < -0.4 is 10.6 Å². The second kappa shape index (κ2) is 7.82. The molecule has 1 unspecified atom stereocenters. The molecule has 3 rings (SSSR count). The smallest absolute Gasteiger partial charge is 0.326 e. The predicted octanol–water partition coefficient (Wildman–Crippen LogP) is 2.92. The van der Waals surface area contributed by atoms with Gasteiger partial charge in [-0.05, 0) is 48.7 Å². The summed E-state index contributed by atoms with van der Waals surface area (Å²) in [4.78, 5) is 35.6. The molecule has 1 aliphatic carbocycles. The van der Waals surface area contributed by atoms with E-state index in [-0.39, 0.29) is 5.91 Å². The van der Waals surface area contributed by atoms with E-state index in [1.165, 1.54) is 0 Å². The molecule has 6 nitrogen and oxygen atoms in total. The van der Waals surface area contributed by atoms with Gasteiger partial charge in [-0.25, -0.2) is 4.79 Å². The highest BCUT2D eigenvalue weighted by Gasteiger charge is 2.30. The van der Waals surface area contributed by atoms with Crippen LogP contribution in [0.3, 0.4) is 0 Å². The standard InChI is InChI=1S/C20H20N2O4/c23-18(14-4-2-1-3-5-14)21-16-10-8-15(9-11-16)19(24)22-17(20(25)26)12-13-6-7-13/h1-5,8-11,13,17H,6-7,12H2,(H,21,23)(H,22,24)(H,25,26). The van der Waals surface area contributed by atoms with Crippen molar-refractivity contribution in [1.82, 2.24) is 5.32 Å². The van der Waals surface area contributed by atoms with Gasteiger partial charge in [0.05, 0.1) is 0 Å². The summed E-state index contributed by atoms with van der Waals surface area (Å²) in [6.45, 7) is 0. The lowest BCUT2D eigenvalue weighted by Crippen LogP contribution is -2.41. The largest absolute Gasteiger partial charge is 0.480 e. The molecule has 0 radical (unpaired) electrons. The van der Waals surface area contributed by atoms with Crippen LogP contribution in [0, 0.1) is 5.92 Å². The minimum Gasteiger partial charge on any atom is -0.480 e. The van der Waals surface area contributed by atoms with Gasteiger partial charge in [0.15, 0.2) is 0 Å². The van der Waals surface area contributed by atoms with Crippen LogP contribution in [-0.2, 0) is 4.79 Å². The number of rotatable bonds is 7. The van der Waals surface area contributed by atoms with Crippen LogP contribution in [0.5, 0.6) is 0 Å². The lowest BCUT2D eigenvalue weighted by atomic mass is 10.1. The van der Waals surface area contributed by atoms with Crippen LogP contribution in [0.15, 0.2) is 54.6 Å². The van der Waals surface area contributed by atoms with Crippen LogP contribution in [-0.4, -0.2) is 28.9 Å². The number of amides is 2. The molecule has 0 spiro atoms. The van der Waals surface area contributed by atoms with E-state index in [0.717, 1.165) is 12.8 Å². The van der Waals surface area contributed by atoms with E-state index >= 15 is 0 Å². The number of benzene rings is 2. The fourth-order valence-corrected chi connectivity index (χ4v) is 2.65. The summed E-state index contributed by atoms with van der Waals surface area (Å²) < 4.78 is 0. The average molecular weight is 352 g/mol. The summed E-state index contributed by atoms with van der Waals surface area (Å²) in [6, 6.07) is 14.3. The Hall–Kier alpha value is -3.15. The van der Waals surface area contributed by atoms with E-state index in [4.69, 9.17) is 0 Å². The van der Waals surface area contributed by atoms with Crippen LogP contribution in [0.4, 0.5) is 5.69 Å². The minimum atomic E-state index is -1.02. The van der Waals surface area contributed by atoms with Gasteiger partial charge < -0.3 is 15.7 Å². The Kier molecular flexibility index (Phi) is 5.31. The topological polar surface area (TPSA) is 95.5 Å². The first-order valence-electron chi connectivity index (χ1n) is 8.53. The molecule has 3 N–H and O–H groups in total. The second-order valence-electron chi connectivity index (χ2n) is 6.44. The van der Waals surface area contributed by atoms with Crippen LogP contribution >= 0.6 is 0 Å². The molecule has 2 amide bonds. The van der Waals surface area contributed by atoms with E-state index < -0.39 is 17.9 Å². The summed E-state index contributed by atoms with van der Waals surface area (Å²) in [5, 5.41) is 14.6. The molecular weight excluding hydrogens is 332 g/mol. The Balaban J connectivity index is 1.60. The van der Waals surface area contributed by atoms with Gasteiger partial charge in [-0.2, -0.15) is 0 Å². The van der Waals surface area contributed by atoms with Crippen molar-refractivity contribution in [1.29, 1.82) is 0 Å². The number of carbonyl (C=O) groups is 3. The van der Waals surface area contributed by atoms with Gasteiger partial charge in [-0.1, -0.05) is 31.0 Å². The van der Waals surface area contributed by atoms with Crippen LogP contribution in [0.25, 0.3) is 0 Å². The average Bonchev–Trinajstić information content (AvgIpc) is 3.46. The highest BCUT2D eigenvalue weighted by molar-refractivity contribution is 6.04. The molecule has 1 aliphatic rings. The van der Waals surface area contributed by atoms with Gasteiger partial charge in [-0.15, -0.1) is 0 Å². The maximum Gasteiger partial charge on any atom is 0.326 e. The monoisotopic (exact) mass is 352 g/mol. The molecule has 6 heteroatoms. The van der Waals surface area contributed by atoms with Gasteiger partial charge in [0.1, 0.15) is 6.04 Å². The number of aliphatic carboxylic acids is 1. The summed E-state index contributed by atoms with van der Waals surface area (Å²) in [5.41, 5.74) is 1.45. The van der Waals surface area contributed by atoms with Crippen molar-refractivity contribution in [2.75, 3.05) is 5.32 Å². The Morgan fingerprint density at radius 3 is 2.12 bits per heavy atom. The van der Waals surface area contributed by atoms with Gasteiger partial charge in [-0.3, -0.25) is 9.59 Å². The van der Waals surface area contributed by atoms with E-state index in [1.54, 1.807) is 48.5 Å². The van der Waals surface area contributed by atoms with E-state index in [9.17, 15) is 19.5 Å². The van der Waals surface area contributed by atoms with Crippen molar-refractivity contribution in [3.8, 4) is 0 Å². The zero-order valence-electron chi connectivity index (χ0n) is 14.1. The Labute approximate surface area is 151 Å². The fraction of sp³-hybridized carbons (Fsp3) is 0.250. The van der Waals surface area contributed by atoms with Crippen LogP contribution in [0.2, 0.25) is 0 Å². The summed E-state index contributed by atoms with van der Waals surface area (Å²) in [5.74, 6) is -1.29. The molecule has 0 saturated heterocycles. The molecule has 0 heterocycles. The van der Waals surface area contributed by atoms with Crippen molar-refractivity contribution >= 4 is 23.5 Å². The Bertz CT molecular complexity index is 798. The lowest BCUT2D eigenvalue weighted by molar-refractivity contribution is -0.139. The lowest BCUT2D eigenvalue weighted by Gasteiger charge is -2.14. The van der Waals surface area contributed by atoms with Gasteiger partial charge >= 0.3 is 5.97 Å². The highest BCUT2D eigenvalue weighted by atomic mass is 16.4. The minimum absolute atomic E-state index is 0.238. The van der Waals surface area contributed by atoms with Crippen LogP contribution in [0.1, 0.15) is 40.0 Å². The molecule has 2 aromatic carbocycles. The number of carboxylic acids is 1. The number of carbonyl (C=O) groups excluding carboxylic acids is 2. The van der Waals surface area contributed by atoms with E-state index in [2.05, 4.69) is 10.6 Å². The third kappa shape index (κ3) is 4.69. The first-order chi connectivity index (χ1) is 12.5. The van der Waals surface area contributed by atoms with E-state index in [1.807, 2.05) is 6.07 Å². The first-order valence-corrected chi connectivity index (χ1v) is 8.53. The van der Waals surface area contributed by atoms with Gasteiger partial charge in [0, 0.05) is 16.8 Å². The molecule has 2 aromatic rings. The van der Waals surface area contributed by atoms with Gasteiger partial charge in [0.2, 0.25) is 0 Å². The number of anilines is 1. The molecule has 1 atom stereocenters. The van der Waals surface area contributed by atoms with Crippen molar-refractivity contribution in [2.45, 2.75) is 25.3 Å². The maximum atomic E-state index is 12.3. The third-order valence-electron chi connectivity index (χ3n) is 4.31. The Morgan fingerprint density at radius 1 is 0.923 bits per heavy atom. The van der Waals surface area contributed by atoms with Gasteiger partial charge in [0.25, 0.3) is 11.8 Å². The first kappa shape index (κ1) is 17.7. The van der Waals surface area contributed by atoms with E-state index in [0.29, 0.717) is 29.2 Å². The molecule has 0 aromatic heterocycles. The molecular formula is C20H20N2O4.